The highest BCUT2D eigenvalue weighted by Gasteiger charge is 2.37. The Balaban J connectivity index is 2.10. The smallest absolute Gasteiger partial charge is 0.318 e. The van der Waals surface area contributed by atoms with Crippen LogP contribution in [0.25, 0.3) is 0 Å². The number of carbonyl (C=O) groups excluding carboxylic acids is 1. The first-order chi connectivity index (χ1) is 13.8. The molecule has 164 valence electrons. The van der Waals surface area contributed by atoms with Gasteiger partial charge in [-0.2, -0.15) is 0 Å². The summed E-state index contributed by atoms with van der Waals surface area (Å²) in [4.78, 5) is 12.6. The van der Waals surface area contributed by atoms with Crippen LogP contribution in [0.5, 0.6) is 0 Å². The van der Waals surface area contributed by atoms with Crippen LogP contribution in [0.3, 0.4) is 0 Å². The van der Waals surface area contributed by atoms with Gasteiger partial charge in [0.05, 0.1) is 0 Å². The first-order valence-corrected chi connectivity index (χ1v) is 11.0. The topological polar surface area (TPSA) is 65.2 Å². The lowest BCUT2D eigenvalue weighted by molar-refractivity contribution is 0.235. The standard InChI is InChI=1S/C19H20Cl6N4O/c1-11-3-7-13(8-4-11)26-15(18(20,21)22)28-17(30)29-16(19(23,24)25)27-14-9-5-12(2)6-10-14/h3-10,15-16,26-27H,1-2H3,(H2,28,29,30). The Hall–Kier alpha value is -0.950. The van der Waals surface area contributed by atoms with Gasteiger partial charge in [-0.25, -0.2) is 4.79 Å². The number of urea groups is 1. The molecule has 0 bridgehead atoms. The summed E-state index contributed by atoms with van der Waals surface area (Å²) in [5, 5.41) is 11.0. The Morgan fingerprint density at radius 1 is 0.667 bits per heavy atom. The molecule has 0 spiro atoms. The minimum atomic E-state index is -1.86. The van der Waals surface area contributed by atoms with Crippen molar-refractivity contribution in [2.75, 3.05) is 10.6 Å². The molecule has 4 N–H and O–H groups in total. The summed E-state index contributed by atoms with van der Waals surface area (Å²) in [6.07, 6.45) is -2.14. The third kappa shape index (κ3) is 8.29. The minimum Gasteiger partial charge on any atom is -0.362 e. The summed E-state index contributed by atoms with van der Waals surface area (Å²) in [6.45, 7) is 3.89. The summed E-state index contributed by atoms with van der Waals surface area (Å²) in [7, 11) is 0. The molecule has 0 saturated heterocycles. The molecule has 0 heterocycles. The Kier molecular flexibility index (Phi) is 8.92. The van der Waals surface area contributed by atoms with Crippen LogP contribution >= 0.6 is 69.6 Å². The average Bonchev–Trinajstić information content (AvgIpc) is 2.62. The fourth-order valence-corrected chi connectivity index (χ4v) is 2.99. The fourth-order valence-electron chi connectivity index (χ4n) is 2.34. The third-order valence-corrected chi connectivity index (χ3v) is 5.24. The molecule has 0 radical (unpaired) electrons. The van der Waals surface area contributed by atoms with Crippen LogP contribution in [0.2, 0.25) is 0 Å². The van der Waals surface area contributed by atoms with Gasteiger partial charge < -0.3 is 21.3 Å². The van der Waals surface area contributed by atoms with Gasteiger partial charge in [0.25, 0.3) is 0 Å². The van der Waals surface area contributed by atoms with Crippen molar-refractivity contribution in [1.82, 2.24) is 10.6 Å². The van der Waals surface area contributed by atoms with E-state index in [0.29, 0.717) is 11.4 Å². The van der Waals surface area contributed by atoms with E-state index in [4.69, 9.17) is 69.6 Å². The zero-order valence-electron chi connectivity index (χ0n) is 15.9. The zero-order valence-corrected chi connectivity index (χ0v) is 20.5. The first-order valence-electron chi connectivity index (χ1n) is 8.71. The Morgan fingerprint density at radius 3 is 1.23 bits per heavy atom. The minimum absolute atomic E-state index is 0.646. The van der Waals surface area contributed by atoms with Gasteiger partial charge in [-0.15, -0.1) is 0 Å². The summed E-state index contributed by atoms with van der Waals surface area (Å²) < 4.78 is -3.72. The van der Waals surface area contributed by atoms with Crippen LogP contribution < -0.4 is 21.3 Å². The number of benzene rings is 2. The maximum Gasteiger partial charge on any atom is 0.318 e. The van der Waals surface area contributed by atoms with Crippen molar-refractivity contribution in [3.63, 3.8) is 0 Å². The number of aryl methyl sites for hydroxylation is 2. The van der Waals surface area contributed by atoms with Gasteiger partial charge in [0.2, 0.25) is 7.59 Å². The maximum absolute atomic E-state index is 12.6. The molecule has 0 aromatic heterocycles. The number of hydrogen-bond acceptors (Lipinski definition) is 3. The Labute approximate surface area is 205 Å². The van der Waals surface area contributed by atoms with Gasteiger partial charge in [0, 0.05) is 11.4 Å². The molecular formula is C19H20Cl6N4O. The number of nitrogens with one attached hydrogen (secondary N) is 4. The predicted octanol–water partition coefficient (Wildman–Crippen LogP) is 6.52. The molecule has 2 amide bonds. The van der Waals surface area contributed by atoms with Crippen molar-refractivity contribution in [3.8, 4) is 0 Å². The van der Waals surface area contributed by atoms with E-state index >= 15 is 0 Å². The molecule has 0 saturated carbocycles. The van der Waals surface area contributed by atoms with Crippen LogP contribution in [0, 0.1) is 13.8 Å². The van der Waals surface area contributed by atoms with Gasteiger partial charge in [-0.3, -0.25) is 0 Å². The van der Waals surface area contributed by atoms with Crippen molar-refractivity contribution in [2.24, 2.45) is 0 Å². The lowest BCUT2D eigenvalue weighted by atomic mass is 10.2. The predicted molar refractivity (Wildman–Crippen MR) is 129 cm³/mol. The Morgan fingerprint density at radius 2 is 0.967 bits per heavy atom. The highest BCUT2D eigenvalue weighted by Crippen LogP contribution is 2.32. The molecule has 2 unspecified atom stereocenters. The van der Waals surface area contributed by atoms with Crippen LogP contribution in [0.15, 0.2) is 48.5 Å². The molecular weight excluding hydrogens is 513 g/mol. The van der Waals surface area contributed by atoms with Gasteiger partial charge >= 0.3 is 6.03 Å². The van der Waals surface area contributed by atoms with Crippen molar-refractivity contribution >= 4 is 87.0 Å². The molecule has 2 aromatic rings. The summed E-state index contributed by atoms with van der Waals surface area (Å²) >= 11 is 36.2. The van der Waals surface area contributed by atoms with Crippen molar-refractivity contribution in [1.29, 1.82) is 0 Å². The lowest BCUT2D eigenvalue weighted by Gasteiger charge is -2.31. The molecule has 0 aliphatic carbocycles. The lowest BCUT2D eigenvalue weighted by Crippen LogP contribution is -2.57. The van der Waals surface area contributed by atoms with E-state index in [0.717, 1.165) is 11.1 Å². The van der Waals surface area contributed by atoms with Gasteiger partial charge in [0.1, 0.15) is 12.3 Å². The van der Waals surface area contributed by atoms with E-state index in [1.807, 2.05) is 38.1 Å². The molecule has 30 heavy (non-hydrogen) atoms. The molecule has 0 aliphatic rings. The maximum atomic E-state index is 12.6. The number of amides is 2. The number of halogens is 6. The van der Waals surface area contributed by atoms with E-state index in [1.54, 1.807) is 24.3 Å². The van der Waals surface area contributed by atoms with E-state index in [-0.39, 0.29) is 0 Å². The molecule has 2 aromatic carbocycles. The van der Waals surface area contributed by atoms with E-state index in [9.17, 15) is 4.79 Å². The molecule has 2 rings (SSSR count). The van der Waals surface area contributed by atoms with Crippen LogP contribution in [0.1, 0.15) is 11.1 Å². The largest absolute Gasteiger partial charge is 0.362 e. The van der Waals surface area contributed by atoms with Crippen LogP contribution in [-0.4, -0.2) is 25.9 Å². The number of alkyl halides is 6. The zero-order chi connectivity index (χ0) is 22.5. The molecule has 0 fully saturated rings. The number of hydrogen-bond donors (Lipinski definition) is 4. The monoisotopic (exact) mass is 530 g/mol. The number of rotatable bonds is 6. The van der Waals surface area contributed by atoms with Crippen LogP contribution in [-0.2, 0) is 0 Å². The quantitative estimate of drug-likeness (QED) is 0.253. The number of carbonyl (C=O) groups is 1. The number of anilines is 2. The summed E-state index contributed by atoms with van der Waals surface area (Å²) in [5.74, 6) is 0. The van der Waals surface area contributed by atoms with E-state index in [1.165, 1.54) is 0 Å². The second kappa shape index (κ2) is 10.6. The highest BCUT2D eigenvalue weighted by atomic mass is 35.6. The SMILES string of the molecule is Cc1ccc(NC(NC(=O)NC(Nc2ccc(C)cc2)C(Cl)(Cl)Cl)C(Cl)(Cl)Cl)cc1. The van der Waals surface area contributed by atoms with Crippen LogP contribution in [0.4, 0.5) is 16.2 Å². The van der Waals surface area contributed by atoms with Crippen molar-refractivity contribution in [2.45, 2.75) is 33.8 Å². The van der Waals surface area contributed by atoms with Crippen molar-refractivity contribution < 1.29 is 4.79 Å². The van der Waals surface area contributed by atoms with E-state index in [2.05, 4.69) is 21.3 Å². The average molecular weight is 533 g/mol. The van der Waals surface area contributed by atoms with Crippen molar-refractivity contribution in [3.05, 3.63) is 59.7 Å². The first kappa shape index (κ1) is 25.3. The Bertz CT molecular complexity index is 765. The summed E-state index contributed by atoms with van der Waals surface area (Å²) in [6, 6.07) is 14.0. The van der Waals surface area contributed by atoms with Gasteiger partial charge in [0.15, 0.2) is 0 Å². The fraction of sp³-hybridized carbons (Fsp3) is 0.316. The normalized spacial score (nSPS) is 13.9. The van der Waals surface area contributed by atoms with Gasteiger partial charge in [-0.05, 0) is 38.1 Å². The molecule has 11 heteroatoms. The third-order valence-electron chi connectivity index (χ3n) is 3.93. The van der Waals surface area contributed by atoms with E-state index < -0.39 is 25.9 Å². The second-order valence-electron chi connectivity index (χ2n) is 6.59. The highest BCUT2D eigenvalue weighted by molar-refractivity contribution is 6.68. The molecule has 2 atom stereocenters. The second-order valence-corrected chi connectivity index (χ2v) is 11.3. The molecule has 5 nitrogen and oxygen atoms in total. The molecule has 0 aliphatic heterocycles. The van der Waals surface area contributed by atoms with Gasteiger partial charge in [-0.1, -0.05) is 105 Å². The summed E-state index contributed by atoms with van der Waals surface area (Å²) in [5.41, 5.74) is 3.41.